The van der Waals surface area contributed by atoms with Crippen molar-refractivity contribution in [3.05, 3.63) is 34.7 Å². The Morgan fingerprint density at radius 1 is 1.29 bits per heavy atom. The summed E-state index contributed by atoms with van der Waals surface area (Å²) in [5.41, 5.74) is 0.601. The van der Waals surface area contributed by atoms with Gasteiger partial charge in [0.15, 0.2) is 0 Å². The lowest BCUT2D eigenvalue weighted by Gasteiger charge is -2.08. The van der Waals surface area contributed by atoms with Crippen molar-refractivity contribution < 1.29 is 9.18 Å². The Labute approximate surface area is 116 Å². The van der Waals surface area contributed by atoms with Gasteiger partial charge in [0.2, 0.25) is 5.78 Å². The average molecular weight is 315 g/mol. The van der Waals surface area contributed by atoms with Crippen LogP contribution in [-0.2, 0) is 0 Å². The zero-order valence-corrected chi connectivity index (χ0v) is 11.1. The molecule has 1 aromatic heterocycles. The van der Waals surface area contributed by atoms with E-state index in [1.54, 1.807) is 0 Å². The van der Waals surface area contributed by atoms with Gasteiger partial charge in [-0.15, -0.1) is 0 Å². The smallest absolute Gasteiger partial charge is 0.253 e. The molecule has 0 aliphatic rings. The van der Waals surface area contributed by atoms with Crippen molar-refractivity contribution in [3.63, 3.8) is 0 Å². The SMILES string of the molecule is O=C(c1c[nH]c2cc(Cl)c(F)cc12)C(Cl)(Cl)Cl. The Morgan fingerprint density at radius 2 is 1.94 bits per heavy atom. The first-order valence-corrected chi connectivity index (χ1v) is 5.89. The minimum atomic E-state index is -2.08. The maximum Gasteiger partial charge on any atom is 0.253 e. The summed E-state index contributed by atoms with van der Waals surface area (Å²) in [5, 5.41) is 0.274. The van der Waals surface area contributed by atoms with Gasteiger partial charge >= 0.3 is 0 Å². The van der Waals surface area contributed by atoms with Gasteiger partial charge in [0, 0.05) is 22.7 Å². The first-order chi connectivity index (χ1) is 7.80. The minimum absolute atomic E-state index is 0.0489. The van der Waals surface area contributed by atoms with Crippen LogP contribution in [-0.4, -0.2) is 14.6 Å². The van der Waals surface area contributed by atoms with Gasteiger partial charge in [-0.1, -0.05) is 46.4 Å². The molecule has 0 fully saturated rings. The molecule has 1 aromatic carbocycles. The van der Waals surface area contributed by atoms with Gasteiger partial charge in [0.1, 0.15) is 5.82 Å². The summed E-state index contributed by atoms with van der Waals surface area (Å²) in [6.45, 7) is 0. The van der Waals surface area contributed by atoms with E-state index in [-0.39, 0.29) is 10.6 Å². The number of rotatable bonds is 1. The number of Topliss-reactive ketones (excluding diaryl/α,β-unsaturated/α-hetero) is 1. The van der Waals surface area contributed by atoms with Gasteiger partial charge in [0.05, 0.1) is 5.02 Å². The third-order valence-corrected chi connectivity index (χ3v) is 3.03. The van der Waals surface area contributed by atoms with Gasteiger partial charge in [-0.2, -0.15) is 0 Å². The topological polar surface area (TPSA) is 32.9 Å². The van der Waals surface area contributed by atoms with Crippen molar-refractivity contribution in [2.45, 2.75) is 3.79 Å². The summed E-state index contributed by atoms with van der Waals surface area (Å²) >= 11 is 22.1. The number of nitrogens with one attached hydrogen (secondary N) is 1. The molecule has 0 spiro atoms. The van der Waals surface area contributed by atoms with Crippen LogP contribution in [0.25, 0.3) is 10.9 Å². The van der Waals surface area contributed by atoms with E-state index in [4.69, 9.17) is 46.4 Å². The van der Waals surface area contributed by atoms with E-state index in [0.29, 0.717) is 10.9 Å². The average Bonchev–Trinajstić information content (AvgIpc) is 2.59. The lowest BCUT2D eigenvalue weighted by molar-refractivity contribution is 0.0998. The molecule has 0 aliphatic heterocycles. The maximum atomic E-state index is 13.3. The molecule has 0 saturated carbocycles. The molecule has 0 bridgehead atoms. The van der Waals surface area contributed by atoms with Crippen molar-refractivity contribution in [2.75, 3.05) is 0 Å². The molecule has 0 aliphatic carbocycles. The van der Waals surface area contributed by atoms with Crippen LogP contribution in [0.15, 0.2) is 18.3 Å². The third kappa shape index (κ3) is 2.38. The highest BCUT2D eigenvalue weighted by molar-refractivity contribution is 6.77. The molecular weight excluding hydrogens is 311 g/mol. The lowest BCUT2D eigenvalue weighted by atomic mass is 10.1. The fourth-order valence-corrected chi connectivity index (χ4v) is 1.93. The molecule has 1 heterocycles. The molecular formula is C10H4Cl4FNO. The van der Waals surface area contributed by atoms with E-state index in [1.807, 2.05) is 0 Å². The quantitative estimate of drug-likeness (QED) is 0.609. The van der Waals surface area contributed by atoms with Gasteiger partial charge < -0.3 is 4.98 Å². The monoisotopic (exact) mass is 313 g/mol. The summed E-state index contributed by atoms with van der Waals surface area (Å²) < 4.78 is 11.2. The number of carbonyl (C=O) groups is 1. The second kappa shape index (κ2) is 4.32. The molecule has 1 N–H and O–H groups in total. The number of H-pyrrole nitrogens is 1. The van der Waals surface area contributed by atoms with Crippen molar-refractivity contribution in [2.24, 2.45) is 0 Å². The highest BCUT2D eigenvalue weighted by Crippen LogP contribution is 2.34. The molecule has 90 valence electrons. The van der Waals surface area contributed by atoms with Crippen molar-refractivity contribution in [1.29, 1.82) is 0 Å². The Morgan fingerprint density at radius 3 is 2.53 bits per heavy atom. The summed E-state index contributed by atoms with van der Waals surface area (Å²) in [5.74, 6) is -1.37. The predicted octanol–water partition coefficient (Wildman–Crippen LogP) is 4.51. The van der Waals surface area contributed by atoms with Crippen LogP contribution in [0.1, 0.15) is 10.4 Å². The van der Waals surface area contributed by atoms with E-state index in [1.165, 1.54) is 12.3 Å². The molecule has 2 nitrogen and oxygen atoms in total. The van der Waals surface area contributed by atoms with Crippen LogP contribution in [0.2, 0.25) is 5.02 Å². The van der Waals surface area contributed by atoms with Crippen LogP contribution >= 0.6 is 46.4 Å². The number of hydrogen-bond donors (Lipinski definition) is 1. The summed E-state index contributed by atoms with van der Waals surface area (Å²) in [7, 11) is 0. The van der Waals surface area contributed by atoms with E-state index >= 15 is 0 Å². The number of ketones is 1. The van der Waals surface area contributed by atoms with Gasteiger partial charge in [-0.25, -0.2) is 4.39 Å². The number of halogens is 5. The number of aromatic nitrogens is 1. The van der Waals surface area contributed by atoms with Crippen LogP contribution < -0.4 is 0 Å². The van der Waals surface area contributed by atoms with E-state index in [9.17, 15) is 9.18 Å². The summed E-state index contributed by atoms with van der Waals surface area (Å²) in [6, 6.07) is 2.49. The highest BCUT2D eigenvalue weighted by atomic mass is 35.6. The number of alkyl halides is 3. The number of fused-ring (bicyclic) bond motifs is 1. The van der Waals surface area contributed by atoms with Crippen LogP contribution in [0.3, 0.4) is 0 Å². The second-order valence-corrected chi connectivity index (χ2v) is 6.03. The highest BCUT2D eigenvalue weighted by Gasteiger charge is 2.33. The van der Waals surface area contributed by atoms with Gasteiger partial charge in [-0.05, 0) is 12.1 Å². The molecule has 7 heteroatoms. The third-order valence-electron chi connectivity index (χ3n) is 2.22. The van der Waals surface area contributed by atoms with E-state index < -0.39 is 15.4 Å². The van der Waals surface area contributed by atoms with Crippen LogP contribution in [0.4, 0.5) is 4.39 Å². The standard InChI is InChI=1S/C10H4Cl4FNO/c11-6-2-8-4(1-7(6)15)5(3-16-8)9(17)10(12,13)14/h1-3,16H. The predicted molar refractivity (Wildman–Crippen MR) is 67.9 cm³/mol. The van der Waals surface area contributed by atoms with Crippen molar-refractivity contribution in [1.82, 2.24) is 4.98 Å². The number of aromatic amines is 1. The Bertz CT molecular complexity index is 602. The van der Waals surface area contributed by atoms with E-state index in [0.717, 1.165) is 6.07 Å². The fraction of sp³-hybridized carbons (Fsp3) is 0.100. The maximum absolute atomic E-state index is 13.3. The van der Waals surface area contributed by atoms with Crippen LogP contribution in [0.5, 0.6) is 0 Å². The van der Waals surface area contributed by atoms with E-state index in [2.05, 4.69) is 4.98 Å². The molecule has 2 rings (SSSR count). The zero-order valence-electron chi connectivity index (χ0n) is 8.03. The molecule has 0 saturated heterocycles. The fourth-order valence-electron chi connectivity index (χ4n) is 1.46. The number of hydrogen-bond acceptors (Lipinski definition) is 1. The lowest BCUT2D eigenvalue weighted by Crippen LogP contribution is -2.18. The Hall–Kier alpha value is -0.480. The van der Waals surface area contributed by atoms with Crippen LogP contribution in [0, 0.1) is 5.82 Å². The Kier molecular flexibility index (Phi) is 3.29. The normalized spacial score (nSPS) is 12.1. The number of carbonyl (C=O) groups excluding carboxylic acids is 1. The van der Waals surface area contributed by atoms with Gasteiger partial charge in [-0.3, -0.25) is 4.79 Å². The molecule has 2 aromatic rings. The Balaban J connectivity index is 2.65. The first-order valence-electron chi connectivity index (χ1n) is 4.38. The summed E-state index contributed by atoms with van der Waals surface area (Å²) in [6.07, 6.45) is 1.35. The summed E-state index contributed by atoms with van der Waals surface area (Å²) in [4.78, 5) is 14.5. The molecule has 0 atom stereocenters. The molecule has 0 unspecified atom stereocenters. The minimum Gasteiger partial charge on any atom is -0.360 e. The molecule has 17 heavy (non-hydrogen) atoms. The van der Waals surface area contributed by atoms with Crippen molar-refractivity contribution >= 4 is 63.1 Å². The van der Waals surface area contributed by atoms with Gasteiger partial charge in [0.25, 0.3) is 3.79 Å². The van der Waals surface area contributed by atoms with Crippen molar-refractivity contribution in [3.8, 4) is 0 Å². The molecule has 0 amide bonds. The first kappa shape index (κ1) is 13.0. The second-order valence-electron chi connectivity index (χ2n) is 3.34. The largest absolute Gasteiger partial charge is 0.360 e. The zero-order chi connectivity index (χ0) is 12.8. The molecule has 0 radical (unpaired) electrons. The number of benzene rings is 1.